The molecule has 5 rings (SSSR count). The van der Waals surface area contributed by atoms with E-state index < -0.39 is 53.3 Å². The lowest BCUT2D eigenvalue weighted by Gasteiger charge is -2.29. The predicted molar refractivity (Wildman–Crippen MR) is 111 cm³/mol. The third kappa shape index (κ3) is 4.64. The number of likely N-dealkylation sites (tertiary alicyclic amines) is 1. The van der Waals surface area contributed by atoms with Gasteiger partial charge >= 0.3 is 12.4 Å². The normalized spacial score (nSPS) is 24.3. The van der Waals surface area contributed by atoms with E-state index in [1.54, 1.807) is 0 Å². The van der Waals surface area contributed by atoms with Gasteiger partial charge in [-0.05, 0) is 61.8 Å². The van der Waals surface area contributed by atoms with Gasteiger partial charge in [0, 0.05) is 23.4 Å². The lowest BCUT2D eigenvalue weighted by Crippen LogP contribution is -2.49. The Hall–Kier alpha value is -3.18. The van der Waals surface area contributed by atoms with E-state index in [0.29, 0.717) is 37.8 Å². The highest BCUT2D eigenvalue weighted by Gasteiger charge is 2.56. The Morgan fingerprint density at radius 3 is 2.33 bits per heavy atom. The molecule has 0 spiro atoms. The van der Waals surface area contributed by atoms with Crippen LogP contribution in [0.25, 0.3) is 0 Å². The first-order valence-corrected chi connectivity index (χ1v) is 11.4. The maximum Gasteiger partial charge on any atom is 0.433 e. The molecule has 2 heterocycles. The van der Waals surface area contributed by atoms with Gasteiger partial charge < -0.3 is 10.2 Å². The summed E-state index contributed by atoms with van der Waals surface area (Å²) in [5.74, 6) is -2.60. The average molecular weight is 515 g/mol. The van der Waals surface area contributed by atoms with Gasteiger partial charge in [-0.2, -0.15) is 26.3 Å². The summed E-state index contributed by atoms with van der Waals surface area (Å²) in [7, 11) is 0. The van der Waals surface area contributed by atoms with Gasteiger partial charge in [-0.1, -0.05) is 6.07 Å². The van der Waals surface area contributed by atoms with Gasteiger partial charge in [0.1, 0.15) is 17.6 Å². The Morgan fingerprint density at radius 1 is 1.00 bits per heavy atom. The Labute approximate surface area is 200 Å². The van der Waals surface area contributed by atoms with Gasteiger partial charge in [0.05, 0.1) is 11.6 Å². The largest absolute Gasteiger partial charge is 0.433 e. The number of carbonyl (C=O) groups is 2. The van der Waals surface area contributed by atoms with Crippen molar-refractivity contribution in [2.75, 3.05) is 0 Å². The zero-order valence-corrected chi connectivity index (χ0v) is 18.5. The van der Waals surface area contributed by atoms with E-state index in [2.05, 4.69) is 10.3 Å². The van der Waals surface area contributed by atoms with E-state index in [1.807, 2.05) is 0 Å². The van der Waals surface area contributed by atoms with Crippen molar-refractivity contribution in [2.45, 2.75) is 56.2 Å². The number of aromatic nitrogens is 1. The van der Waals surface area contributed by atoms with Crippen LogP contribution in [0, 0.1) is 17.7 Å². The third-order valence-corrected chi connectivity index (χ3v) is 6.99. The van der Waals surface area contributed by atoms with Crippen LogP contribution in [-0.2, 0) is 17.1 Å². The van der Waals surface area contributed by atoms with Crippen molar-refractivity contribution in [3.8, 4) is 0 Å². The number of hydrogen-bond donors (Lipinski definition) is 1. The monoisotopic (exact) mass is 515 g/mol. The summed E-state index contributed by atoms with van der Waals surface area (Å²) in [5, 5.41) is 2.70. The molecule has 0 bridgehead atoms. The zero-order chi connectivity index (χ0) is 26.0. The van der Waals surface area contributed by atoms with Gasteiger partial charge in [-0.15, -0.1) is 0 Å². The molecule has 192 valence electrons. The zero-order valence-electron chi connectivity index (χ0n) is 18.5. The van der Waals surface area contributed by atoms with Crippen LogP contribution >= 0.6 is 0 Å². The molecule has 36 heavy (non-hydrogen) atoms. The number of fused-ring (bicyclic) bond motifs is 1. The molecule has 4 atom stereocenters. The minimum atomic E-state index is -4.75. The molecule has 1 N–H and O–H groups in total. The SMILES string of the molecule is O=C(N[C@@H](c1ccc(C(F)(F)F)cc1F)C1CC1)[C@H]1C[C@H]2C[C@H]2N1C(=O)c1ccnc(C(F)(F)F)c1. The Balaban J connectivity index is 1.37. The number of pyridine rings is 1. The summed E-state index contributed by atoms with van der Waals surface area (Å²) in [5.41, 5.74) is -2.71. The number of halogens is 7. The van der Waals surface area contributed by atoms with Crippen LogP contribution in [0.2, 0.25) is 0 Å². The van der Waals surface area contributed by atoms with Crippen LogP contribution < -0.4 is 5.32 Å². The predicted octanol–water partition coefficient (Wildman–Crippen LogP) is 5.13. The number of benzene rings is 1. The fraction of sp³-hybridized carbons (Fsp3) is 0.458. The van der Waals surface area contributed by atoms with E-state index in [1.165, 1.54) is 4.90 Å². The van der Waals surface area contributed by atoms with Crippen LogP contribution in [-0.4, -0.2) is 33.8 Å². The van der Waals surface area contributed by atoms with Gasteiger partial charge in [-0.3, -0.25) is 14.6 Å². The molecule has 0 unspecified atom stereocenters. The van der Waals surface area contributed by atoms with E-state index in [-0.39, 0.29) is 29.0 Å². The first-order valence-electron chi connectivity index (χ1n) is 11.4. The maximum atomic E-state index is 14.7. The highest BCUT2D eigenvalue weighted by Crippen LogP contribution is 2.49. The van der Waals surface area contributed by atoms with Gasteiger partial charge in [0.15, 0.2) is 0 Å². The second-order valence-electron chi connectivity index (χ2n) is 9.51. The summed E-state index contributed by atoms with van der Waals surface area (Å²) < 4.78 is 92.7. The molecule has 12 heteroatoms. The lowest BCUT2D eigenvalue weighted by molar-refractivity contribution is -0.141. The molecule has 3 fully saturated rings. The van der Waals surface area contributed by atoms with Gasteiger partial charge in [0.25, 0.3) is 5.91 Å². The fourth-order valence-electron chi connectivity index (χ4n) is 4.93. The highest BCUT2D eigenvalue weighted by atomic mass is 19.4. The molecule has 3 aliphatic rings. The molecule has 1 aromatic heterocycles. The Bertz CT molecular complexity index is 1210. The lowest BCUT2D eigenvalue weighted by atomic mass is 9.99. The molecular weight excluding hydrogens is 495 g/mol. The average Bonchev–Trinajstić information content (AvgIpc) is 3.74. The molecule has 2 aliphatic carbocycles. The van der Waals surface area contributed by atoms with E-state index >= 15 is 0 Å². The second kappa shape index (κ2) is 8.45. The Kier molecular flexibility index (Phi) is 5.75. The number of piperidine rings is 1. The summed E-state index contributed by atoms with van der Waals surface area (Å²) in [6, 6.07) is 1.77. The number of hydrogen-bond acceptors (Lipinski definition) is 3. The minimum absolute atomic E-state index is 0.0239. The van der Waals surface area contributed by atoms with Crippen molar-refractivity contribution in [1.82, 2.24) is 15.2 Å². The number of rotatable bonds is 5. The standard InChI is InChI=1S/C24H20F7N3O2/c25-16-10-14(23(26,27)28)3-4-15(16)20(11-1-2-11)33-21(35)18-8-13-7-17(13)34(18)22(36)12-5-6-32-19(9-12)24(29,30)31/h3-6,9-11,13,17-18,20H,1-2,7-8H2,(H,33,35)/t13-,17-,18-,20-/m1/s1. The maximum absolute atomic E-state index is 14.7. The Morgan fingerprint density at radius 2 is 1.72 bits per heavy atom. The molecule has 2 aromatic rings. The van der Waals surface area contributed by atoms with Crippen molar-refractivity contribution < 1.29 is 40.3 Å². The quantitative estimate of drug-likeness (QED) is 0.562. The topological polar surface area (TPSA) is 62.3 Å². The summed E-state index contributed by atoms with van der Waals surface area (Å²) in [6.07, 6.45) is -6.39. The van der Waals surface area contributed by atoms with Crippen LogP contribution in [0.1, 0.15) is 58.9 Å². The summed E-state index contributed by atoms with van der Waals surface area (Å²) in [6.45, 7) is 0. The number of nitrogens with one attached hydrogen (secondary N) is 1. The smallest absolute Gasteiger partial charge is 0.347 e. The number of amides is 2. The van der Waals surface area contributed by atoms with Crippen molar-refractivity contribution in [1.29, 1.82) is 0 Å². The van der Waals surface area contributed by atoms with Crippen LogP contribution in [0.4, 0.5) is 30.7 Å². The molecule has 2 amide bonds. The van der Waals surface area contributed by atoms with Crippen molar-refractivity contribution in [3.63, 3.8) is 0 Å². The molecular formula is C24H20F7N3O2. The molecule has 2 saturated carbocycles. The van der Waals surface area contributed by atoms with Crippen molar-refractivity contribution >= 4 is 11.8 Å². The van der Waals surface area contributed by atoms with Crippen LogP contribution in [0.15, 0.2) is 36.5 Å². The molecule has 1 aromatic carbocycles. The second-order valence-corrected chi connectivity index (χ2v) is 9.51. The van der Waals surface area contributed by atoms with E-state index in [4.69, 9.17) is 0 Å². The fourth-order valence-corrected chi connectivity index (χ4v) is 4.93. The van der Waals surface area contributed by atoms with Gasteiger partial charge in [-0.25, -0.2) is 4.39 Å². The van der Waals surface area contributed by atoms with Crippen LogP contribution in [0.5, 0.6) is 0 Å². The van der Waals surface area contributed by atoms with E-state index in [9.17, 15) is 40.3 Å². The van der Waals surface area contributed by atoms with E-state index in [0.717, 1.165) is 24.4 Å². The molecule has 1 saturated heterocycles. The minimum Gasteiger partial charge on any atom is -0.347 e. The first kappa shape index (κ1) is 24.5. The molecule has 5 nitrogen and oxygen atoms in total. The third-order valence-electron chi connectivity index (χ3n) is 6.99. The first-order chi connectivity index (χ1) is 16.8. The number of carbonyl (C=O) groups excluding carboxylic acids is 2. The summed E-state index contributed by atoms with van der Waals surface area (Å²) in [4.78, 5) is 30.9. The molecule has 0 radical (unpaired) electrons. The van der Waals surface area contributed by atoms with Crippen LogP contribution in [0.3, 0.4) is 0 Å². The van der Waals surface area contributed by atoms with Crippen molar-refractivity contribution in [3.05, 3.63) is 64.7 Å². The van der Waals surface area contributed by atoms with Gasteiger partial charge in [0.2, 0.25) is 5.91 Å². The number of nitrogens with zero attached hydrogens (tertiary/aromatic N) is 2. The number of alkyl halides is 6. The van der Waals surface area contributed by atoms with Crippen molar-refractivity contribution in [2.24, 2.45) is 11.8 Å². The summed E-state index contributed by atoms with van der Waals surface area (Å²) >= 11 is 0. The molecule has 1 aliphatic heterocycles. The highest BCUT2D eigenvalue weighted by molar-refractivity contribution is 5.98.